The highest BCUT2D eigenvalue weighted by molar-refractivity contribution is 6.32. The van der Waals surface area contributed by atoms with Gasteiger partial charge < -0.3 is 15.2 Å². The maximum Gasteiger partial charge on any atom is 0.287 e. The zero-order valence-electron chi connectivity index (χ0n) is 10.6. The van der Waals surface area contributed by atoms with Crippen molar-refractivity contribution in [3.05, 3.63) is 21.6 Å². The first-order valence-electron chi connectivity index (χ1n) is 6.44. The Morgan fingerprint density at radius 3 is 3.16 bits per heavy atom. The van der Waals surface area contributed by atoms with Crippen molar-refractivity contribution in [2.75, 3.05) is 25.1 Å². The monoisotopic (exact) mass is 287 g/mol. The van der Waals surface area contributed by atoms with Gasteiger partial charge in [0.25, 0.3) is 5.56 Å². The predicted octanol–water partition coefficient (Wildman–Crippen LogP) is 0.870. The van der Waals surface area contributed by atoms with Crippen LogP contribution in [0.25, 0.3) is 0 Å². The lowest BCUT2D eigenvalue weighted by Crippen LogP contribution is -2.26. The van der Waals surface area contributed by atoms with Crippen LogP contribution >= 0.6 is 11.6 Å². The van der Waals surface area contributed by atoms with E-state index in [-0.39, 0.29) is 18.2 Å². The SMILES string of the molecule is O=c1c(Cl)c(NCCC2CCCO2)cnn1CCO. The minimum absolute atomic E-state index is 0.107. The van der Waals surface area contributed by atoms with Crippen molar-refractivity contribution in [2.45, 2.75) is 31.9 Å². The number of anilines is 1. The molecule has 2 N–H and O–H groups in total. The standard InChI is InChI=1S/C12H18ClN3O3/c13-11-10(8-15-16(5-6-17)12(11)18)14-4-3-9-2-1-7-19-9/h8-9,14,17H,1-7H2. The van der Waals surface area contributed by atoms with Crippen molar-refractivity contribution in [1.29, 1.82) is 0 Å². The Bertz CT molecular complexity index is 472. The molecule has 7 heteroatoms. The van der Waals surface area contributed by atoms with Gasteiger partial charge in [0.1, 0.15) is 5.02 Å². The fourth-order valence-corrected chi connectivity index (χ4v) is 2.30. The van der Waals surface area contributed by atoms with Gasteiger partial charge in [-0.2, -0.15) is 5.10 Å². The molecule has 1 aliphatic rings. The van der Waals surface area contributed by atoms with E-state index in [4.69, 9.17) is 21.4 Å². The van der Waals surface area contributed by atoms with Gasteiger partial charge >= 0.3 is 0 Å². The lowest BCUT2D eigenvalue weighted by molar-refractivity contribution is 0.107. The average molecular weight is 288 g/mol. The van der Waals surface area contributed by atoms with Gasteiger partial charge in [0.15, 0.2) is 0 Å². The van der Waals surface area contributed by atoms with Gasteiger partial charge in [-0.25, -0.2) is 4.68 Å². The number of rotatable bonds is 6. The fraction of sp³-hybridized carbons (Fsp3) is 0.667. The van der Waals surface area contributed by atoms with Crippen molar-refractivity contribution >= 4 is 17.3 Å². The number of aliphatic hydroxyl groups is 1. The quantitative estimate of drug-likeness (QED) is 0.812. The highest BCUT2D eigenvalue weighted by Crippen LogP contribution is 2.18. The molecule has 0 radical (unpaired) electrons. The third-order valence-electron chi connectivity index (χ3n) is 3.10. The van der Waals surface area contributed by atoms with E-state index in [2.05, 4.69) is 10.4 Å². The van der Waals surface area contributed by atoms with Crippen LogP contribution in [0.2, 0.25) is 5.02 Å². The van der Waals surface area contributed by atoms with Crippen molar-refractivity contribution in [3.8, 4) is 0 Å². The van der Waals surface area contributed by atoms with E-state index in [1.165, 1.54) is 6.20 Å². The zero-order valence-corrected chi connectivity index (χ0v) is 11.4. The number of aromatic nitrogens is 2. The summed E-state index contributed by atoms with van der Waals surface area (Å²) < 4.78 is 6.66. The Hall–Kier alpha value is -1.11. The minimum atomic E-state index is -0.391. The molecule has 1 aromatic rings. The molecule has 0 spiro atoms. The molecule has 0 saturated carbocycles. The number of hydrogen-bond donors (Lipinski definition) is 2. The number of nitrogens with one attached hydrogen (secondary N) is 1. The normalized spacial score (nSPS) is 18.7. The predicted molar refractivity (Wildman–Crippen MR) is 72.7 cm³/mol. The molecule has 1 atom stereocenters. The molecule has 1 unspecified atom stereocenters. The van der Waals surface area contributed by atoms with E-state index in [1.807, 2.05) is 0 Å². The summed E-state index contributed by atoms with van der Waals surface area (Å²) in [4.78, 5) is 11.8. The van der Waals surface area contributed by atoms with Crippen LogP contribution < -0.4 is 10.9 Å². The third kappa shape index (κ3) is 3.68. The topological polar surface area (TPSA) is 76.4 Å². The highest BCUT2D eigenvalue weighted by atomic mass is 35.5. The molecule has 1 saturated heterocycles. The molecule has 1 aliphatic heterocycles. The summed E-state index contributed by atoms with van der Waals surface area (Å²) in [5.41, 5.74) is 0.136. The molecule has 106 valence electrons. The van der Waals surface area contributed by atoms with Gasteiger partial charge in [-0.15, -0.1) is 0 Å². The second-order valence-electron chi connectivity index (χ2n) is 4.47. The Labute approximate surface area is 116 Å². The number of halogens is 1. The number of ether oxygens (including phenoxy) is 1. The second kappa shape index (κ2) is 6.88. The number of nitrogens with zero attached hydrogens (tertiary/aromatic N) is 2. The van der Waals surface area contributed by atoms with Gasteiger partial charge in [-0.3, -0.25) is 4.79 Å². The van der Waals surface area contributed by atoms with Gasteiger partial charge in [0, 0.05) is 13.2 Å². The fourth-order valence-electron chi connectivity index (χ4n) is 2.08. The van der Waals surface area contributed by atoms with Crippen LogP contribution in [0.1, 0.15) is 19.3 Å². The summed E-state index contributed by atoms with van der Waals surface area (Å²) in [5.74, 6) is 0. The second-order valence-corrected chi connectivity index (χ2v) is 4.85. The van der Waals surface area contributed by atoms with Crippen molar-refractivity contribution < 1.29 is 9.84 Å². The van der Waals surface area contributed by atoms with E-state index in [0.29, 0.717) is 18.3 Å². The number of hydrogen-bond acceptors (Lipinski definition) is 5. The number of aliphatic hydroxyl groups excluding tert-OH is 1. The van der Waals surface area contributed by atoms with Crippen LogP contribution in [-0.4, -0.2) is 40.7 Å². The Kier molecular flexibility index (Phi) is 5.18. The Balaban J connectivity index is 1.92. The highest BCUT2D eigenvalue weighted by Gasteiger charge is 2.15. The van der Waals surface area contributed by atoms with Crippen LogP contribution in [0.3, 0.4) is 0 Å². The van der Waals surface area contributed by atoms with Crippen molar-refractivity contribution in [3.63, 3.8) is 0 Å². The van der Waals surface area contributed by atoms with E-state index in [1.54, 1.807) is 0 Å². The van der Waals surface area contributed by atoms with Crippen LogP contribution in [0.15, 0.2) is 11.0 Å². The summed E-state index contributed by atoms with van der Waals surface area (Å²) >= 11 is 5.98. The smallest absolute Gasteiger partial charge is 0.287 e. The average Bonchev–Trinajstić information content (AvgIpc) is 2.91. The summed E-state index contributed by atoms with van der Waals surface area (Å²) in [7, 11) is 0. The van der Waals surface area contributed by atoms with Crippen LogP contribution in [-0.2, 0) is 11.3 Å². The van der Waals surface area contributed by atoms with Crippen molar-refractivity contribution in [1.82, 2.24) is 9.78 Å². The summed E-state index contributed by atoms with van der Waals surface area (Å²) in [6.07, 6.45) is 4.90. The summed E-state index contributed by atoms with van der Waals surface area (Å²) in [6.45, 7) is 1.53. The Morgan fingerprint density at radius 1 is 1.63 bits per heavy atom. The first-order chi connectivity index (χ1) is 9.22. The first-order valence-corrected chi connectivity index (χ1v) is 6.82. The van der Waals surface area contributed by atoms with Crippen LogP contribution in [0.4, 0.5) is 5.69 Å². The van der Waals surface area contributed by atoms with Gasteiger partial charge in [0.05, 0.1) is 31.1 Å². The van der Waals surface area contributed by atoms with E-state index in [9.17, 15) is 4.79 Å². The summed E-state index contributed by atoms with van der Waals surface area (Å²) in [6, 6.07) is 0. The molecule has 0 aromatic carbocycles. The molecular formula is C12H18ClN3O3. The molecular weight excluding hydrogens is 270 g/mol. The van der Waals surface area contributed by atoms with Crippen LogP contribution in [0.5, 0.6) is 0 Å². The molecule has 2 heterocycles. The Morgan fingerprint density at radius 2 is 2.47 bits per heavy atom. The van der Waals surface area contributed by atoms with Gasteiger partial charge in [-0.05, 0) is 19.3 Å². The van der Waals surface area contributed by atoms with Gasteiger partial charge in [0.2, 0.25) is 0 Å². The molecule has 1 aromatic heterocycles. The maximum atomic E-state index is 11.8. The molecule has 0 aliphatic carbocycles. The minimum Gasteiger partial charge on any atom is -0.394 e. The molecule has 1 fully saturated rings. The van der Waals surface area contributed by atoms with E-state index >= 15 is 0 Å². The lowest BCUT2D eigenvalue weighted by atomic mass is 10.2. The molecule has 2 rings (SSSR count). The van der Waals surface area contributed by atoms with Crippen molar-refractivity contribution in [2.24, 2.45) is 0 Å². The third-order valence-corrected chi connectivity index (χ3v) is 3.47. The molecule has 6 nitrogen and oxygen atoms in total. The molecule has 0 amide bonds. The zero-order chi connectivity index (χ0) is 13.7. The van der Waals surface area contributed by atoms with Crippen LogP contribution in [0, 0.1) is 0 Å². The molecule has 0 bridgehead atoms. The van der Waals surface area contributed by atoms with E-state index < -0.39 is 5.56 Å². The lowest BCUT2D eigenvalue weighted by Gasteiger charge is -2.12. The van der Waals surface area contributed by atoms with E-state index in [0.717, 1.165) is 30.6 Å². The first kappa shape index (κ1) is 14.3. The summed E-state index contributed by atoms with van der Waals surface area (Å²) in [5, 5.41) is 15.9. The largest absolute Gasteiger partial charge is 0.394 e. The maximum absolute atomic E-state index is 11.8. The van der Waals surface area contributed by atoms with Gasteiger partial charge in [-0.1, -0.05) is 11.6 Å². The molecule has 19 heavy (non-hydrogen) atoms.